The summed E-state index contributed by atoms with van der Waals surface area (Å²) in [5.41, 5.74) is 3.79. The van der Waals surface area contributed by atoms with E-state index >= 15 is 0 Å². The van der Waals surface area contributed by atoms with Crippen molar-refractivity contribution < 1.29 is 8.73 Å². The summed E-state index contributed by atoms with van der Waals surface area (Å²) < 4.78 is 19.8. The molecule has 1 aromatic heterocycles. The Morgan fingerprint density at radius 3 is 2.32 bits per heavy atom. The van der Waals surface area contributed by atoms with Crippen LogP contribution in [0, 0.1) is 6.92 Å². The molecule has 1 unspecified atom stereocenters. The highest BCUT2D eigenvalue weighted by Crippen LogP contribution is 2.34. The van der Waals surface area contributed by atoms with Crippen LogP contribution in [0.3, 0.4) is 0 Å². The van der Waals surface area contributed by atoms with Crippen LogP contribution < -0.4 is 4.72 Å². The molecular weight excluding hydrogens is 296 g/mol. The highest BCUT2D eigenvalue weighted by molar-refractivity contribution is 7.83. The average Bonchev–Trinajstić information content (AvgIpc) is 2.96. The largest absolute Gasteiger partial charge is 0.360 e. The summed E-state index contributed by atoms with van der Waals surface area (Å²) in [6.07, 6.45) is 0. The maximum atomic E-state index is 11.7. The van der Waals surface area contributed by atoms with Gasteiger partial charge in [0, 0.05) is 5.56 Å². The summed E-state index contributed by atoms with van der Waals surface area (Å²) in [4.78, 5) is 0.738. The van der Waals surface area contributed by atoms with Crippen molar-refractivity contribution in [3.63, 3.8) is 0 Å². The van der Waals surface area contributed by atoms with Gasteiger partial charge in [-0.2, -0.15) is 0 Å². The van der Waals surface area contributed by atoms with Gasteiger partial charge in [-0.05, 0) is 31.7 Å². The van der Waals surface area contributed by atoms with Crippen molar-refractivity contribution in [1.29, 1.82) is 0 Å². The van der Waals surface area contributed by atoms with Crippen molar-refractivity contribution in [2.24, 2.45) is 0 Å². The number of benzene rings is 2. The lowest BCUT2D eigenvalue weighted by molar-refractivity contribution is 0.400. The van der Waals surface area contributed by atoms with Gasteiger partial charge in [0.2, 0.25) is 0 Å². The van der Waals surface area contributed by atoms with Crippen LogP contribution in [0.1, 0.15) is 5.76 Å². The highest BCUT2D eigenvalue weighted by Gasteiger charge is 2.16. The van der Waals surface area contributed by atoms with Crippen molar-refractivity contribution in [2.45, 2.75) is 11.8 Å². The molecule has 0 saturated heterocycles. The summed E-state index contributed by atoms with van der Waals surface area (Å²) >= 11 is 0. The van der Waals surface area contributed by atoms with Crippen LogP contribution >= 0.6 is 0 Å². The number of aryl methyl sites for hydroxylation is 1. The Balaban J connectivity index is 2.06. The average molecular weight is 312 g/mol. The van der Waals surface area contributed by atoms with E-state index in [1.165, 1.54) is 0 Å². The summed E-state index contributed by atoms with van der Waals surface area (Å²) in [7, 11) is 0.487. The van der Waals surface area contributed by atoms with Gasteiger partial charge in [-0.15, -0.1) is 0 Å². The first kappa shape index (κ1) is 14.7. The predicted molar refractivity (Wildman–Crippen MR) is 87.6 cm³/mol. The Morgan fingerprint density at radius 2 is 1.68 bits per heavy atom. The highest BCUT2D eigenvalue weighted by atomic mass is 32.2. The lowest BCUT2D eigenvalue weighted by atomic mass is 10.00. The first-order valence-electron chi connectivity index (χ1n) is 6.92. The van der Waals surface area contributed by atoms with Gasteiger partial charge in [0.25, 0.3) is 0 Å². The van der Waals surface area contributed by atoms with Crippen LogP contribution in [0.4, 0.5) is 0 Å². The minimum Gasteiger partial charge on any atom is -0.360 e. The number of rotatable bonds is 4. The fourth-order valence-electron chi connectivity index (χ4n) is 2.37. The van der Waals surface area contributed by atoms with Crippen LogP contribution in [-0.4, -0.2) is 16.4 Å². The molecule has 1 atom stereocenters. The summed E-state index contributed by atoms with van der Waals surface area (Å²) in [5, 5.41) is 4.19. The SMILES string of the molecule is CNS(=O)c1ccc(-c2c(-c3ccccc3)noc2C)cc1. The molecule has 1 N–H and O–H groups in total. The Morgan fingerprint density at radius 1 is 1.00 bits per heavy atom. The molecular formula is C17H16N2O2S. The Kier molecular flexibility index (Phi) is 4.18. The van der Waals surface area contributed by atoms with Gasteiger partial charge < -0.3 is 4.52 Å². The minimum atomic E-state index is -1.18. The van der Waals surface area contributed by atoms with Crippen LogP contribution in [0.5, 0.6) is 0 Å². The Bertz CT molecular complexity index is 795. The van der Waals surface area contributed by atoms with Crippen molar-refractivity contribution in [3.05, 3.63) is 60.4 Å². The minimum absolute atomic E-state index is 0.738. The van der Waals surface area contributed by atoms with E-state index in [1.807, 2.05) is 61.5 Å². The van der Waals surface area contributed by atoms with Gasteiger partial charge in [-0.3, -0.25) is 0 Å². The molecule has 3 aromatic rings. The van der Waals surface area contributed by atoms with Crippen LogP contribution in [0.15, 0.2) is 64.0 Å². The topological polar surface area (TPSA) is 55.1 Å². The molecule has 1 heterocycles. The number of nitrogens with one attached hydrogen (secondary N) is 1. The maximum Gasteiger partial charge on any atom is 0.142 e. The standard InChI is InChI=1S/C17H16N2O2S/c1-12-16(13-8-10-15(11-9-13)22(20)18-2)17(19-21-12)14-6-4-3-5-7-14/h3-11,18H,1-2H3. The zero-order valence-corrected chi connectivity index (χ0v) is 13.2. The molecule has 22 heavy (non-hydrogen) atoms. The van der Waals surface area contributed by atoms with Gasteiger partial charge >= 0.3 is 0 Å². The molecule has 0 aliphatic rings. The fraction of sp³-hybridized carbons (Fsp3) is 0.118. The molecule has 0 aliphatic carbocycles. The van der Waals surface area contributed by atoms with E-state index in [2.05, 4.69) is 9.88 Å². The first-order valence-corrected chi connectivity index (χ1v) is 8.07. The molecule has 112 valence electrons. The molecule has 2 aromatic carbocycles. The third-order valence-electron chi connectivity index (χ3n) is 3.45. The molecule has 0 saturated carbocycles. The van der Waals surface area contributed by atoms with E-state index in [9.17, 15) is 4.21 Å². The summed E-state index contributed by atoms with van der Waals surface area (Å²) in [6, 6.07) is 17.5. The van der Waals surface area contributed by atoms with Crippen molar-refractivity contribution >= 4 is 11.0 Å². The molecule has 0 radical (unpaired) electrons. The van der Waals surface area contributed by atoms with Crippen molar-refractivity contribution in [2.75, 3.05) is 7.05 Å². The van der Waals surface area contributed by atoms with Crippen molar-refractivity contribution in [3.8, 4) is 22.4 Å². The molecule has 5 heteroatoms. The molecule has 3 rings (SSSR count). The molecule has 4 nitrogen and oxygen atoms in total. The van der Waals surface area contributed by atoms with E-state index in [0.717, 1.165) is 33.0 Å². The van der Waals surface area contributed by atoms with Crippen LogP contribution in [0.25, 0.3) is 22.4 Å². The van der Waals surface area contributed by atoms with Crippen LogP contribution in [-0.2, 0) is 11.0 Å². The van der Waals surface area contributed by atoms with Crippen molar-refractivity contribution in [1.82, 2.24) is 9.88 Å². The van der Waals surface area contributed by atoms with E-state index in [4.69, 9.17) is 4.52 Å². The van der Waals surface area contributed by atoms with Gasteiger partial charge in [0.15, 0.2) is 0 Å². The third-order valence-corrected chi connectivity index (χ3v) is 4.52. The van der Waals surface area contributed by atoms with E-state index < -0.39 is 11.0 Å². The van der Waals surface area contributed by atoms with Crippen LogP contribution in [0.2, 0.25) is 0 Å². The Labute approximate surface area is 131 Å². The summed E-state index contributed by atoms with van der Waals surface area (Å²) in [6.45, 7) is 1.90. The lowest BCUT2D eigenvalue weighted by Crippen LogP contribution is -2.10. The predicted octanol–water partition coefficient (Wildman–Crippen LogP) is 3.56. The third kappa shape index (κ3) is 2.73. The number of aromatic nitrogens is 1. The number of hydrogen-bond acceptors (Lipinski definition) is 3. The van der Waals surface area contributed by atoms with Gasteiger partial charge in [0.1, 0.15) is 22.4 Å². The van der Waals surface area contributed by atoms with E-state index in [0.29, 0.717) is 0 Å². The molecule has 0 amide bonds. The smallest absolute Gasteiger partial charge is 0.142 e. The second kappa shape index (κ2) is 6.25. The monoisotopic (exact) mass is 312 g/mol. The van der Waals surface area contributed by atoms with E-state index in [-0.39, 0.29) is 0 Å². The molecule has 0 spiro atoms. The number of nitrogens with zero attached hydrogens (tertiary/aromatic N) is 1. The fourth-order valence-corrected chi connectivity index (χ4v) is 2.99. The normalized spacial score (nSPS) is 12.3. The summed E-state index contributed by atoms with van der Waals surface area (Å²) in [5.74, 6) is 0.765. The lowest BCUT2D eigenvalue weighted by Gasteiger charge is -2.05. The zero-order valence-electron chi connectivity index (χ0n) is 12.4. The maximum absolute atomic E-state index is 11.7. The second-order valence-corrected chi connectivity index (χ2v) is 6.24. The molecule has 0 aliphatic heterocycles. The number of hydrogen-bond donors (Lipinski definition) is 1. The van der Waals surface area contributed by atoms with Gasteiger partial charge in [-0.25, -0.2) is 8.93 Å². The van der Waals surface area contributed by atoms with E-state index in [1.54, 1.807) is 7.05 Å². The van der Waals surface area contributed by atoms with Gasteiger partial charge in [-0.1, -0.05) is 47.6 Å². The molecule has 0 bridgehead atoms. The molecule has 0 fully saturated rings. The zero-order chi connectivity index (χ0) is 15.5. The van der Waals surface area contributed by atoms with Gasteiger partial charge in [0.05, 0.1) is 10.5 Å². The quantitative estimate of drug-likeness (QED) is 0.801. The first-order chi connectivity index (χ1) is 10.7. The Hall–Kier alpha value is -2.24. The second-order valence-electron chi connectivity index (χ2n) is 4.83.